The van der Waals surface area contributed by atoms with E-state index in [1.807, 2.05) is 0 Å². The number of halogens is 1. The van der Waals surface area contributed by atoms with Gasteiger partial charge < -0.3 is 20.5 Å². The van der Waals surface area contributed by atoms with Gasteiger partial charge in [0.2, 0.25) is 0 Å². The lowest BCUT2D eigenvalue weighted by Crippen LogP contribution is -2.18. The van der Waals surface area contributed by atoms with Crippen LogP contribution >= 0.6 is 0 Å². The summed E-state index contributed by atoms with van der Waals surface area (Å²) in [5.41, 5.74) is 7.00. The Morgan fingerprint density at radius 1 is 1.07 bits per heavy atom. The molecule has 1 amide bonds. The summed E-state index contributed by atoms with van der Waals surface area (Å²) in [7, 11) is 1.45. The zero-order valence-electron chi connectivity index (χ0n) is 23.2. The monoisotopic (exact) mass is 582 g/mol. The Labute approximate surface area is 245 Å². The molecule has 12 nitrogen and oxygen atoms in total. The second-order valence-corrected chi connectivity index (χ2v) is 9.06. The molecule has 0 fully saturated rings. The third kappa shape index (κ3) is 6.40. The van der Waals surface area contributed by atoms with Gasteiger partial charge in [-0.3, -0.25) is 9.78 Å². The Bertz CT molecular complexity index is 1810. The van der Waals surface area contributed by atoms with E-state index in [2.05, 4.69) is 30.4 Å². The Kier molecular flexibility index (Phi) is 8.51. The van der Waals surface area contributed by atoms with Gasteiger partial charge in [-0.1, -0.05) is 18.2 Å². The van der Waals surface area contributed by atoms with Crippen molar-refractivity contribution in [3.8, 4) is 17.4 Å². The average Bonchev–Trinajstić information content (AvgIpc) is 3.43. The first-order valence-electron chi connectivity index (χ1n) is 13.1. The Morgan fingerprint density at radius 2 is 1.79 bits per heavy atom. The maximum absolute atomic E-state index is 15.8. The van der Waals surface area contributed by atoms with Crippen LogP contribution < -0.4 is 26.2 Å². The summed E-state index contributed by atoms with van der Waals surface area (Å²) in [5.74, 6) is -0.686. The zero-order chi connectivity index (χ0) is 30.3. The number of methoxy groups -OCH3 is 1. The molecule has 2 heterocycles. The fourth-order valence-corrected chi connectivity index (χ4v) is 4.20. The fourth-order valence-electron chi connectivity index (χ4n) is 4.20. The number of benzene rings is 3. The highest BCUT2D eigenvalue weighted by Gasteiger charge is 2.27. The Hall–Kier alpha value is -5.85. The molecular formula is C30H27FN8O4. The highest BCUT2D eigenvalue weighted by Crippen LogP contribution is 2.35. The minimum absolute atomic E-state index is 0.0285. The van der Waals surface area contributed by atoms with E-state index in [-0.39, 0.29) is 35.5 Å². The third-order valence-corrected chi connectivity index (χ3v) is 6.27. The van der Waals surface area contributed by atoms with Crippen molar-refractivity contribution in [3.63, 3.8) is 0 Å². The quantitative estimate of drug-likeness (QED) is 0.165. The van der Waals surface area contributed by atoms with Crippen molar-refractivity contribution in [3.05, 3.63) is 124 Å². The van der Waals surface area contributed by atoms with Crippen molar-refractivity contribution in [2.24, 2.45) is 10.7 Å². The number of nitrogens with two attached hydrogens (primary N) is 1. The molecule has 5 rings (SSSR count). The summed E-state index contributed by atoms with van der Waals surface area (Å²) < 4.78 is 27.7. The van der Waals surface area contributed by atoms with Gasteiger partial charge in [-0.15, -0.1) is 9.78 Å². The number of H-pyrrole nitrogens is 1. The molecule has 218 valence electrons. The van der Waals surface area contributed by atoms with Crippen molar-refractivity contribution in [1.82, 2.24) is 24.7 Å². The van der Waals surface area contributed by atoms with E-state index < -0.39 is 23.5 Å². The van der Waals surface area contributed by atoms with E-state index >= 15 is 4.39 Å². The SMILES string of the molecule is CCOc1cc(OC)cc(C(Nc2ccc(C(N)=NC(=O)c3ccccc3)cc2)c2nn(-c3ncccn3)c(=O)[nH]2)c1F. The number of anilines is 1. The maximum atomic E-state index is 15.8. The first-order chi connectivity index (χ1) is 20.9. The van der Waals surface area contributed by atoms with Crippen LogP contribution in [0.4, 0.5) is 10.1 Å². The van der Waals surface area contributed by atoms with Gasteiger partial charge in [0, 0.05) is 40.8 Å². The number of nitrogens with one attached hydrogen (secondary N) is 2. The number of hydrogen-bond acceptors (Lipinski definition) is 8. The van der Waals surface area contributed by atoms with Gasteiger partial charge in [0.05, 0.1) is 13.7 Å². The van der Waals surface area contributed by atoms with E-state index in [0.29, 0.717) is 22.6 Å². The maximum Gasteiger partial charge on any atom is 0.350 e. The number of ether oxygens (including phenoxy) is 2. The first-order valence-corrected chi connectivity index (χ1v) is 13.1. The summed E-state index contributed by atoms with van der Waals surface area (Å²) in [4.78, 5) is 40.1. The van der Waals surface area contributed by atoms with Gasteiger partial charge in [-0.25, -0.2) is 19.2 Å². The predicted molar refractivity (Wildman–Crippen MR) is 157 cm³/mol. The number of aromatic amines is 1. The van der Waals surface area contributed by atoms with Crippen LogP contribution in [0, 0.1) is 5.82 Å². The van der Waals surface area contributed by atoms with E-state index in [0.717, 1.165) is 4.68 Å². The van der Waals surface area contributed by atoms with Crippen molar-refractivity contribution >= 4 is 17.4 Å². The van der Waals surface area contributed by atoms with Gasteiger partial charge in [-0.2, -0.15) is 4.99 Å². The molecule has 0 saturated heterocycles. The van der Waals surface area contributed by atoms with Crippen molar-refractivity contribution in [1.29, 1.82) is 0 Å². The molecule has 0 aliphatic heterocycles. The van der Waals surface area contributed by atoms with Gasteiger partial charge in [0.1, 0.15) is 17.6 Å². The molecule has 0 radical (unpaired) electrons. The number of aliphatic imine (C=N–C) groups is 1. The lowest BCUT2D eigenvalue weighted by molar-refractivity contribution is 0.100. The molecule has 0 saturated carbocycles. The van der Waals surface area contributed by atoms with Crippen LogP contribution in [0.1, 0.15) is 40.3 Å². The lowest BCUT2D eigenvalue weighted by Gasteiger charge is -2.21. The Morgan fingerprint density at radius 3 is 2.47 bits per heavy atom. The first kappa shape index (κ1) is 28.7. The molecule has 3 aromatic carbocycles. The summed E-state index contributed by atoms with van der Waals surface area (Å²) in [5, 5.41) is 7.58. The van der Waals surface area contributed by atoms with Crippen LogP contribution in [0.5, 0.6) is 11.5 Å². The largest absolute Gasteiger partial charge is 0.497 e. The zero-order valence-corrected chi connectivity index (χ0v) is 23.2. The summed E-state index contributed by atoms with van der Waals surface area (Å²) in [6, 6.07) is 18.7. The van der Waals surface area contributed by atoms with E-state index in [9.17, 15) is 9.59 Å². The topological polar surface area (TPSA) is 162 Å². The number of nitrogens with zero attached hydrogens (tertiary/aromatic N) is 5. The molecule has 0 aliphatic carbocycles. The predicted octanol–water partition coefficient (Wildman–Crippen LogP) is 3.64. The number of carbonyl (C=O) groups is 1. The van der Waals surface area contributed by atoms with E-state index in [1.54, 1.807) is 67.6 Å². The Balaban J connectivity index is 1.52. The van der Waals surface area contributed by atoms with Crippen LogP contribution in [0.15, 0.2) is 95.0 Å². The summed E-state index contributed by atoms with van der Waals surface area (Å²) >= 11 is 0. The third-order valence-electron chi connectivity index (χ3n) is 6.27. The highest BCUT2D eigenvalue weighted by atomic mass is 19.1. The molecule has 4 N–H and O–H groups in total. The number of aromatic nitrogens is 5. The van der Waals surface area contributed by atoms with Gasteiger partial charge in [0.25, 0.3) is 11.9 Å². The van der Waals surface area contributed by atoms with E-state index in [4.69, 9.17) is 15.2 Å². The van der Waals surface area contributed by atoms with Crippen molar-refractivity contribution in [2.75, 3.05) is 19.0 Å². The van der Waals surface area contributed by atoms with Gasteiger partial charge in [0.15, 0.2) is 17.4 Å². The molecule has 1 atom stereocenters. The van der Waals surface area contributed by atoms with Crippen LogP contribution in [-0.4, -0.2) is 50.2 Å². The average molecular weight is 583 g/mol. The second kappa shape index (κ2) is 12.8. The summed E-state index contributed by atoms with van der Waals surface area (Å²) in [6.07, 6.45) is 2.94. The number of carbonyl (C=O) groups excluding carboxylic acids is 1. The van der Waals surface area contributed by atoms with Crippen molar-refractivity contribution in [2.45, 2.75) is 13.0 Å². The lowest BCUT2D eigenvalue weighted by atomic mass is 10.0. The minimum Gasteiger partial charge on any atom is -0.497 e. The summed E-state index contributed by atoms with van der Waals surface area (Å²) in [6.45, 7) is 1.95. The second-order valence-electron chi connectivity index (χ2n) is 9.06. The van der Waals surface area contributed by atoms with Crippen LogP contribution in [-0.2, 0) is 0 Å². The van der Waals surface area contributed by atoms with Crippen LogP contribution in [0.2, 0.25) is 0 Å². The fraction of sp³-hybridized carbons (Fsp3) is 0.133. The number of hydrogen-bond donors (Lipinski definition) is 3. The number of amidine groups is 1. The van der Waals surface area contributed by atoms with Crippen molar-refractivity contribution < 1.29 is 18.7 Å². The molecule has 43 heavy (non-hydrogen) atoms. The van der Waals surface area contributed by atoms with Gasteiger partial charge >= 0.3 is 5.69 Å². The molecule has 2 aromatic heterocycles. The number of amides is 1. The van der Waals surface area contributed by atoms with E-state index in [1.165, 1.54) is 31.6 Å². The molecule has 0 spiro atoms. The highest BCUT2D eigenvalue weighted by molar-refractivity contribution is 6.08. The molecule has 13 heteroatoms. The normalized spacial score (nSPS) is 12.0. The smallest absolute Gasteiger partial charge is 0.350 e. The number of rotatable bonds is 10. The molecule has 0 aliphatic rings. The standard InChI is InChI=1S/C30H27FN8O4/c1-3-43-23-17-21(42-2)16-22(24(23)31)25(27-37-30(41)39(38-27)29-33-14-7-15-34-29)35-20-12-10-18(11-13-20)26(32)36-28(40)19-8-5-4-6-9-19/h4-17,25,35H,3H2,1-2H3,(H2,32,36,40)(H,37,38,41). The molecule has 0 bridgehead atoms. The minimum atomic E-state index is -1.02. The van der Waals surface area contributed by atoms with Crippen LogP contribution in [0.3, 0.4) is 0 Å². The molecular weight excluding hydrogens is 555 g/mol. The molecule has 1 unspecified atom stereocenters. The van der Waals surface area contributed by atoms with Gasteiger partial charge in [-0.05, 0) is 55.5 Å². The molecule has 5 aromatic rings. The van der Waals surface area contributed by atoms with Crippen LogP contribution in [0.25, 0.3) is 5.95 Å².